The summed E-state index contributed by atoms with van der Waals surface area (Å²) in [6, 6.07) is 42.1. The molecule has 0 bridgehead atoms. The van der Waals surface area contributed by atoms with Crippen LogP contribution in [0, 0.1) is 11.3 Å². The molecule has 1 aliphatic rings. The van der Waals surface area contributed by atoms with E-state index in [0.717, 1.165) is 16.7 Å². The zero-order valence-electron chi connectivity index (χ0n) is 48.5. The standard InChI is InChI=1S/C62H68N9O13PS/c1-41(2)71(42(3)4)85(82-33-15-31-63)84-52-37-56(83-53(52)39-81-62(44-16-9-7-10-17-44,45-22-26-47(78-5)27-23-45)46-24-28-48(79-6)29-25-46)70-40-65-57-58(70)67-60(68-59(57)74)66-54(72)30-32-64-55(73)36-43-38-69(51-21-14-13-20-50(43)51)61(75)80-34-35-86(76,77)49-18-11-8-12-19-49/h7-14,16-29,38,40-42,52-53,56H,15,30,32-37,39H2,1-6H3,(H,64,73)(H2,66,67,68,72,74)/t52-,53-,56-,85?/m1/s1. The van der Waals surface area contributed by atoms with Gasteiger partial charge in [0.05, 0.1) is 74.9 Å². The van der Waals surface area contributed by atoms with Crippen molar-refractivity contribution in [3.8, 4) is 17.6 Å². The summed E-state index contributed by atoms with van der Waals surface area (Å²) in [5.41, 5.74) is 1.60. The zero-order valence-corrected chi connectivity index (χ0v) is 50.2. The molecule has 1 aliphatic heterocycles. The van der Waals surface area contributed by atoms with E-state index in [9.17, 15) is 32.9 Å². The average Bonchev–Trinajstić information content (AvgIpc) is 2.02. The first-order valence-electron chi connectivity index (χ1n) is 28.0. The van der Waals surface area contributed by atoms with Crippen LogP contribution < -0.4 is 25.7 Å². The summed E-state index contributed by atoms with van der Waals surface area (Å²) < 4.78 is 74.9. The number of nitriles is 1. The van der Waals surface area contributed by atoms with Gasteiger partial charge in [-0.2, -0.15) is 10.2 Å². The molecule has 22 nitrogen and oxygen atoms in total. The number of sulfone groups is 1. The van der Waals surface area contributed by atoms with E-state index in [1.54, 1.807) is 61.3 Å². The fraction of sp³-hybridized carbons (Fsp3) is 0.339. The van der Waals surface area contributed by atoms with Crippen LogP contribution in [0.5, 0.6) is 11.5 Å². The number of hydrogen-bond donors (Lipinski definition) is 3. The second-order valence-corrected chi connectivity index (χ2v) is 24.2. The maximum absolute atomic E-state index is 13.7. The number of benzene rings is 5. The van der Waals surface area contributed by atoms with E-state index < -0.39 is 71.6 Å². The number of fused-ring (bicyclic) bond motifs is 2. The summed E-state index contributed by atoms with van der Waals surface area (Å²) in [5, 5.41) is 15.5. The van der Waals surface area contributed by atoms with Crippen molar-refractivity contribution in [2.45, 2.75) is 94.4 Å². The van der Waals surface area contributed by atoms with Crippen LogP contribution in [0.3, 0.4) is 0 Å². The molecule has 4 heterocycles. The molecule has 2 amide bonds. The molecular formula is C62H68N9O13PS. The smallest absolute Gasteiger partial charge is 0.418 e. The maximum Gasteiger partial charge on any atom is 0.418 e. The van der Waals surface area contributed by atoms with Crippen LogP contribution in [0.15, 0.2) is 156 Å². The summed E-state index contributed by atoms with van der Waals surface area (Å²) in [4.78, 5) is 65.6. The molecule has 5 aromatic carbocycles. The molecule has 24 heteroatoms. The van der Waals surface area contributed by atoms with Crippen LogP contribution in [0.2, 0.25) is 0 Å². The molecular weight excluding hydrogens is 1140 g/mol. The van der Waals surface area contributed by atoms with E-state index in [-0.39, 0.29) is 86.1 Å². The van der Waals surface area contributed by atoms with Crippen molar-refractivity contribution in [2.24, 2.45) is 0 Å². The number of methoxy groups -OCH3 is 2. The molecule has 0 spiro atoms. The number of hydrogen-bond acceptors (Lipinski definition) is 17. The minimum Gasteiger partial charge on any atom is -0.497 e. The summed E-state index contributed by atoms with van der Waals surface area (Å²) in [5.74, 6) is -0.295. The van der Waals surface area contributed by atoms with Gasteiger partial charge in [0.15, 0.2) is 21.0 Å². The van der Waals surface area contributed by atoms with Crippen LogP contribution in [0.25, 0.3) is 22.1 Å². The average molecular weight is 1210 g/mol. The number of carbonyl (C=O) groups is 3. The molecule has 3 N–H and O–H groups in total. The van der Waals surface area contributed by atoms with Crippen molar-refractivity contribution in [1.29, 1.82) is 5.26 Å². The number of amides is 2. The lowest BCUT2D eigenvalue weighted by molar-refractivity contribution is -0.120. The van der Waals surface area contributed by atoms with Gasteiger partial charge in [0.25, 0.3) is 14.1 Å². The number of ether oxygens (including phenoxy) is 5. The molecule has 86 heavy (non-hydrogen) atoms. The lowest BCUT2D eigenvalue weighted by atomic mass is 9.80. The zero-order chi connectivity index (χ0) is 61.0. The van der Waals surface area contributed by atoms with E-state index in [2.05, 4.69) is 36.3 Å². The van der Waals surface area contributed by atoms with Crippen molar-refractivity contribution in [3.05, 3.63) is 179 Å². The maximum atomic E-state index is 13.7. The Hall–Kier alpha value is -8.33. The Kier molecular flexibility index (Phi) is 20.4. The number of carbonyl (C=O) groups excluding carboxylic acids is 3. The molecule has 3 aromatic heterocycles. The highest BCUT2D eigenvalue weighted by atomic mass is 32.2. The Bertz CT molecular complexity index is 3780. The van der Waals surface area contributed by atoms with Gasteiger partial charge in [0.2, 0.25) is 17.8 Å². The molecule has 9 rings (SSSR count). The second kappa shape index (κ2) is 28.2. The van der Waals surface area contributed by atoms with Crippen molar-refractivity contribution < 1.29 is 55.5 Å². The Balaban J connectivity index is 0.925. The summed E-state index contributed by atoms with van der Waals surface area (Å²) in [6.07, 6.45) is -0.266. The molecule has 450 valence electrons. The number of H-pyrrole nitrogens is 1. The third-order valence-corrected chi connectivity index (χ3v) is 18.3. The highest BCUT2D eigenvalue weighted by molar-refractivity contribution is 7.91. The molecule has 1 fully saturated rings. The molecule has 8 aromatic rings. The van der Waals surface area contributed by atoms with Gasteiger partial charge < -0.3 is 38.0 Å². The van der Waals surface area contributed by atoms with Gasteiger partial charge in [-0.25, -0.2) is 22.9 Å². The fourth-order valence-electron chi connectivity index (χ4n) is 10.4. The lowest BCUT2D eigenvalue weighted by Gasteiger charge is -2.39. The van der Waals surface area contributed by atoms with E-state index in [1.807, 2.05) is 107 Å². The number of aromatic nitrogens is 5. The highest BCUT2D eigenvalue weighted by Crippen LogP contribution is 2.51. The van der Waals surface area contributed by atoms with Crippen molar-refractivity contribution >= 4 is 64.3 Å². The third-order valence-electron chi connectivity index (χ3n) is 14.4. The van der Waals surface area contributed by atoms with Gasteiger partial charge in [-0.3, -0.25) is 33.8 Å². The van der Waals surface area contributed by atoms with E-state index in [4.69, 9.17) is 32.7 Å². The topological polar surface area (TPSA) is 270 Å². The highest BCUT2D eigenvalue weighted by Gasteiger charge is 2.45. The second-order valence-electron chi connectivity index (χ2n) is 20.7. The number of nitrogens with one attached hydrogen (secondary N) is 3. The van der Waals surface area contributed by atoms with Gasteiger partial charge in [-0.15, -0.1) is 0 Å². The summed E-state index contributed by atoms with van der Waals surface area (Å²) in [7, 11) is -2.28. The summed E-state index contributed by atoms with van der Waals surface area (Å²) >= 11 is 0. The monoisotopic (exact) mass is 1210 g/mol. The van der Waals surface area contributed by atoms with Crippen LogP contribution in [-0.2, 0) is 54.7 Å². The van der Waals surface area contributed by atoms with E-state index in [1.165, 1.54) is 29.2 Å². The number of aromatic amines is 1. The van der Waals surface area contributed by atoms with Gasteiger partial charge in [-0.05, 0) is 92.4 Å². The largest absolute Gasteiger partial charge is 0.497 e. The molecule has 0 radical (unpaired) electrons. The molecule has 1 unspecified atom stereocenters. The molecule has 0 saturated carbocycles. The van der Waals surface area contributed by atoms with Gasteiger partial charge >= 0.3 is 6.09 Å². The Morgan fingerprint density at radius 3 is 2.12 bits per heavy atom. The Labute approximate surface area is 499 Å². The number of rotatable bonds is 27. The van der Waals surface area contributed by atoms with Crippen molar-refractivity contribution in [2.75, 3.05) is 51.7 Å². The van der Waals surface area contributed by atoms with Crippen LogP contribution in [0.1, 0.15) is 75.4 Å². The van der Waals surface area contributed by atoms with Gasteiger partial charge in [0, 0.05) is 43.1 Å². The Morgan fingerprint density at radius 1 is 0.849 bits per heavy atom. The van der Waals surface area contributed by atoms with E-state index in [0.29, 0.717) is 28.0 Å². The first-order chi connectivity index (χ1) is 41.5. The molecule has 0 aliphatic carbocycles. The first kappa shape index (κ1) is 62.2. The number of nitrogens with zero attached hydrogens (tertiary/aromatic N) is 6. The van der Waals surface area contributed by atoms with Gasteiger partial charge in [-0.1, -0.05) is 91.0 Å². The summed E-state index contributed by atoms with van der Waals surface area (Å²) in [6.45, 7) is 7.80. The van der Waals surface area contributed by atoms with Crippen molar-refractivity contribution in [1.82, 2.24) is 34.1 Å². The minimum absolute atomic E-state index is 0.0153. The molecule has 4 atom stereocenters. The van der Waals surface area contributed by atoms with Gasteiger partial charge in [0.1, 0.15) is 36.0 Å². The number of para-hydroxylation sites is 1. The minimum atomic E-state index is -3.70. The SMILES string of the molecule is COc1ccc(C(OC[C@H]2O[C@@H](n3cnc4c(=O)[nH]c(NC(=O)CCNC(=O)Cc5cn(C(=O)OCCS(=O)(=O)c6ccccc6)c6ccccc56)nc43)C[C@H]2OP(OCCC#N)N(C(C)C)C(C)C)(c2ccccc2)c2ccc(OC)cc2)cc1. The van der Waals surface area contributed by atoms with Crippen LogP contribution in [0.4, 0.5) is 10.7 Å². The fourth-order valence-corrected chi connectivity index (χ4v) is 13.2. The lowest BCUT2D eigenvalue weighted by Crippen LogP contribution is -2.39. The van der Waals surface area contributed by atoms with Crippen LogP contribution in [-0.4, -0.2) is 126 Å². The molecule has 1 saturated heterocycles. The Morgan fingerprint density at radius 2 is 1.48 bits per heavy atom. The normalized spacial score (nSPS) is 15.7. The predicted molar refractivity (Wildman–Crippen MR) is 322 cm³/mol. The number of anilines is 1. The quantitative estimate of drug-likeness (QED) is 0.0246. The third kappa shape index (κ3) is 14.3. The van der Waals surface area contributed by atoms with E-state index >= 15 is 0 Å². The first-order valence-corrected chi connectivity index (χ1v) is 30.8. The van der Waals surface area contributed by atoms with Crippen LogP contribution >= 0.6 is 8.53 Å². The van der Waals surface area contributed by atoms with Crippen molar-refractivity contribution in [3.63, 3.8) is 0 Å². The predicted octanol–water partition coefficient (Wildman–Crippen LogP) is 9.19. The number of imidazole rings is 1.